The van der Waals surface area contributed by atoms with Crippen LogP contribution in [0.2, 0.25) is 0 Å². The third-order valence-corrected chi connectivity index (χ3v) is 6.86. The molecule has 0 atom stereocenters. The third kappa shape index (κ3) is 5.50. The molecule has 1 N–H and O–H groups in total. The lowest BCUT2D eigenvalue weighted by molar-refractivity contribution is -0.113. The van der Waals surface area contributed by atoms with Gasteiger partial charge in [0.05, 0.1) is 30.5 Å². The number of nitrogens with one attached hydrogen (secondary N) is 1. The molecular formula is C24H22N4O3S2. The zero-order chi connectivity index (χ0) is 23.2. The van der Waals surface area contributed by atoms with Gasteiger partial charge in [0.15, 0.2) is 11.5 Å². The second-order valence-electron chi connectivity index (χ2n) is 6.96. The molecule has 33 heavy (non-hydrogen) atoms. The van der Waals surface area contributed by atoms with E-state index in [-0.39, 0.29) is 11.7 Å². The van der Waals surface area contributed by atoms with E-state index in [1.165, 1.54) is 11.8 Å². The zero-order valence-electron chi connectivity index (χ0n) is 18.4. The van der Waals surface area contributed by atoms with Crippen molar-refractivity contribution >= 4 is 34.7 Å². The SMILES string of the molecule is COc1ccc(NC(=O)CSc2ccc(-c3sc(-c4ccccc4)nc3C)nn2)cc1OC. The number of amides is 1. The maximum atomic E-state index is 12.4. The highest BCUT2D eigenvalue weighted by atomic mass is 32.2. The molecule has 0 saturated carbocycles. The summed E-state index contributed by atoms with van der Waals surface area (Å²) in [6, 6.07) is 19.1. The molecule has 1 amide bonds. The average molecular weight is 479 g/mol. The molecule has 0 unspecified atom stereocenters. The standard InChI is InChI=1S/C24H22N4O3S2/c1-15-23(33-24(25-15)16-7-5-4-6-8-16)18-10-12-22(28-27-18)32-14-21(29)26-17-9-11-19(30-2)20(13-17)31-3/h4-13H,14H2,1-3H3,(H,26,29). The molecule has 0 saturated heterocycles. The lowest BCUT2D eigenvalue weighted by atomic mass is 10.2. The molecule has 2 aromatic carbocycles. The number of ether oxygens (including phenoxy) is 2. The first-order valence-corrected chi connectivity index (χ1v) is 11.9. The van der Waals surface area contributed by atoms with Crippen molar-refractivity contribution in [3.05, 3.63) is 66.4 Å². The Morgan fingerprint density at radius 1 is 1.00 bits per heavy atom. The van der Waals surface area contributed by atoms with Gasteiger partial charge in [0.25, 0.3) is 0 Å². The fourth-order valence-electron chi connectivity index (χ4n) is 3.11. The number of carbonyl (C=O) groups is 1. The number of anilines is 1. The molecule has 0 spiro atoms. The number of thioether (sulfide) groups is 1. The second kappa shape index (κ2) is 10.5. The largest absolute Gasteiger partial charge is 0.493 e. The van der Waals surface area contributed by atoms with Gasteiger partial charge < -0.3 is 14.8 Å². The number of hydrogen-bond acceptors (Lipinski definition) is 8. The van der Waals surface area contributed by atoms with E-state index in [1.807, 2.05) is 49.4 Å². The summed E-state index contributed by atoms with van der Waals surface area (Å²) in [6.07, 6.45) is 0. The highest BCUT2D eigenvalue weighted by molar-refractivity contribution is 7.99. The van der Waals surface area contributed by atoms with Gasteiger partial charge in [-0.2, -0.15) is 0 Å². The van der Waals surface area contributed by atoms with Crippen LogP contribution in [0.4, 0.5) is 5.69 Å². The molecule has 0 aliphatic rings. The minimum atomic E-state index is -0.149. The van der Waals surface area contributed by atoms with Crippen LogP contribution in [-0.2, 0) is 4.79 Å². The summed E-state index contributed by atoms with van der Waals surface area (Å²) in [5.41, 5.74) is 3.40. The summed E-state index contributed by atoms with van der Waals surface area (Å²) >= 11 is 2.91. The molecular weight excluding hydrogens is 456 g/mol. The van der Waals surface area contributed by atoms with Crippen LogP contribution < -0.4 is 14.8 Å². The van der Waals surface area contributed by atoms with Crippen molar-refractivity contribution in [2.45, 2.75) is 11.9 Å². The summed E-state index contributed by atoms with van der Waals surface area (Å²) < 4.78 is 10.5. The Labute approximate surface area is 200 Å². The number of hydrogen-bond donors (Lipinski definition) is 1. The van der Waals surface area contributed by atoms with Crippen LogP contribution in [0.3, 0.4) is 0 Å². The molecule has 7 nitrogen and oxygen atoms in total. The Hall–Kier alpha value is -3.43. The van der Waals surface area contributed by atoms with Gasteiger partial charge in [0.1, 0.15) is 15.7 Å². The number of nitrogens with zero attached hydrogens (tertiary/aromatic N) is 3. The first kappa shape index (κ1) is 22.8. The van der Waals surface area contributed by atoms with Gasteiger partial charge in [-0.1, -0.05) is 42.1 Å². The number of carbonyl (C=O) groups excluding carboxylic acids is 1. The molecule has 0 aliphatic heterocycles. The quantitative estimate of drug-likeness (QED) is 0.343. The predicted octanol–water partition coefficient (Wildman–Crippen LogP) is 5.32. The van der Waals surface area contributed by atoms with Crippen LogP contribution >= 0.6 is 23.1 Å². The Morgan fingerprint density at radius 3 is 2.48 bits per heavy atom. The molecule has 4 rings (SSSR count). The van der Waals surface area contributed by atoms with Crippen LogP contribution in [0.25, 0.3) is 21.1 Å². The smallest absolute Gasteiger partial charge is 0.234 e. The van der Waals surface area contributed by atoms with Crippen molar-refractivity contribution in [3.63, 3.8) is 0 Å². The van der Waals surface area contributed by atoms with Gasteiger partial charge in [0, 0.05) is 17.3 Å². The first-order valence-electron chi connectivity index (χ1n) is 10.1. The van der Waals surface area contributed by atoms with Gasteiger partial charge in [-0.15, -0.1) is 21.5 Å². The third-order valence-electron chi connectivity index (χ3n) is 4.71. The predicted molar refractivity (Wildman–Crippen MR) is 132 cm³/mol. The fraction of sp³-hybridized carbons (Fsp3) is 0.167. The summed E-state index contributed by atoms with van der Waals surface area (Å²) in [5.74, 6) is 1.22. The van der Waals surface area contributed by atoms with E-state index in [4.69, 9.17) is 9.47 Å². The maximum absolute atomic E-state index is 12.4. The van der Waals surface area contributed by atoms with Gasteiger partial charge in [-0.05, 0) is 31.2 Å². The Bertz CT molecular complexity index is 1240. The van der Waals surface area contributed by atoms with Crippen molar-refractivity contribution in [1.29, 1.82) is 0 Å². The number of methoxy groups -OCH3 is 2. The lowest BCUT2D eigenvalue weighted by Gasteiger charge is -2.10. The molecule has 2 aromatic heterocycles. The monoisotopic (exact) mass is 478 g/mol. The van der Waals surface area contributed by atoms with E-state index in [2.05, 4.69) is 20.5 Å². The van der Waals surface area contributed by atoms with Crippen molar-refractivity contribution in [2.75, 3.05) is 25.3 Å². The summed E-state index contributed by atoms with van der Waals surface area (Å²) in [7, 11) is 3.12. The van der Waals surface area contributed by atoms with Gasteiger partial charge in [-0.25, -0.2) is 4.98 Å². The van der Waals surface area contributed by atoms with Gasteiger partial charge in [-0.3, -0.25) is 4.79 Å². The van der Waals surface area contributed by atoms with E-state index in [0.717, 1.165) is 26.8 Å². The normalized spacial score (nSPS) is 10.6. The van der Waals surface area contributed by atoms with Crippen molar-refractivity contribution in [3.8, 4) is 32.6 Å². The molecule has 4 aromatic rings. The molecule has 168 valence electrons. The minimum Gasteiger partial charge on any atom is -0.493 e. The average Bonchev–Trinajstić information content (AvgIpc) is 3.25. The van der Waals surface area contributed by atoms with Crippen LogP contribution in [0.5, 0.6) is 11.5 Å². The van der Waals surface area contributed by atoms with Crippen LogP contribution in [0.15, 0.2) is 65.7 Å². The lowest BCUT2D eigenvalue weighted by Crippen LogP contribution is -2.14. The molecule has 9 heteroatoms. The Morgan fingerprint density at radius 2 is 1.79 bits per heavy atom. The molecule has 2 heterocycles. The first-order chi connectivity index (χ1) is 16.1. The van der Waals surface area contributed by atoms with Crippen LogP contribution in [0.1, 0.15) is 5.69 Å². The topological polar surface area (TPSA) is 86.2 Å². The summed E-state index contributed by atoms with van der Waals surface area (Å²) in [4.78, 5) is 18.0. The van der Waals surface area contributed by atoms with Crippen LogP contribution in [0, 0.1) is 6.92 Å². The van der Waals surface area contributed by atoms with Crippen molar-refractivity contribution in [2.24, 2.45) is 0 Å². The number of thiazole rings is 1. The Kier molecular flexibility index (Phi) is 7.21. The van der Waals surface area contributed by atoms with E-state index in [0.29, 0.717) is 22.2 Å². The highest BCUT2D eigenvalue weighted by Crippen LogP contribution is 2.34. The molecule has 0 aliphatic carbocycles. The van der Waals surface area contributed by atoms with E-state index < -0.39 is 0 Å². The fourth-order valence-corrected chi connectivity index (χ4v) is 4.76. The number of benzene rings is 2. The number of aromatic nitrogens is 3. The molecule has 0 bridgehead atoms. The van der Waals surface area contributed by atoms with Crippen molar-refractivity contribution < 1.29 is 14.3 Å². The minimum absolute atomic E-state index is 0.149. The van der Waals surface area contributed by atoms with Crippen molar-refractivity contribution in [1.82, 2.24) is 15.2 Å². The van der Waals surface area contributed by atoms with E-state index >= 15 is 0 Å². The highest BCUT2D eigenvalue weighted by Gasteiger charge is 2.14. The zero-order valence-corrected chi connectivity index (χ0v) is 20.0. The van der Waals surface area contributed by atoms with E-state index in [1.54, 1.807) is 43.8 Å². The van der Waals surface area contributed by atoms with Gasteiger partial charge >= 0.3 is 0 Å². The van der Waals surface area contributed by atoms with E-state index in [9.17, 15) is 4.79 Å². The van der Waals surface area contributed by atoms with Gasteiger partial charge in [0.2, 0.25) is 5.91 Å². The maximum Gasteiger partial charge on any atom is 0.234 e. The second-order valence-corrected chi connectivity index (χ2v) is 8.96. The Balaban J connectivity index is 1.37. The van der Waals surface area contributed by atoms with Crippen LogP contribution in [-0.4, -0.2) is 41.1 Å². The summed E-state index contributed by atoms with van der Waals surface area (Å²) in [6.45, 7) is 1.97. The number of rotatable bonds is 8. The number of aryl methyl sites for hydroxylation is 1. The molecule has 0 fully saturated rings. The summed E-state index contributed by atoms with van der Waals surface area (Å²) in [5, 5.41) is 13.1. The molecule has 0 radical (unpaired) electrons.